The van der Waals surface area contributed by atoms with E-state index in [-0.39, 0.29) is 18.0 Å². The third-order valence-corrected chi connectivity index (χ3v) is 4.10. The monoisotopic (exact) mass is 396 g/mol. The standard InChI is InChI=1S/C25H32O4/c1-7-14-27-22-11-9-21(10-12-22)23(26)13-8-20-15-24(28-17(2)3)19(6)25(16-20)29-18(4)5/h8-13,15-18H,7,14H2,1-6H3/b13-8+. The van der Waals surface area contributed by atoms with Crippen LogP contribution in [-0.4, -0.2) is 24.6 Å². The summed E-state index contributed by atoms with van der Waals surface area (Å²) < 4.78 is 17.4. The SMILES string of the molecule is CCCOc1ccc(C(=O)/C=C/c2cc(OC(C)C)c(C)c(OC(C)C)c2)cc1. The van der Waals surface area contributed by atoms with Crippen LogP contribution >= 0.6 is 0 Å². The molecule has 0 saturated heterocycles. The number of allylic oxidation sites excluding steroid dienone is 1. The van der Waals surface area contributed by atoms with E-state index >= 15 is 0 Å². The molecular weight excluding hydrogens is 364 g/mol. The Morgan fingerprint density at radius 3 is 2.00 bits per heavy atom. The van der Waals surface area contributed by atoms with Crippen LogP contribution in [0.1, 0.15) is 62.5 Å². The van der Waals surface area contributed by atoms with E-state index in [0.29, 0.717) is 12.2 Å². The summed E-state index contributed by atoms with van der Waals surface area (Å²) >= 11 is 0. The van der Waals surface area contributed by atoms with E-state index in [9.17, 15) is 4.79 Å². The molecule has 0 aliphatic carbocycles. The minimum absolute atomic E-state index is 0.0508. The highest BCUT2D eigenvalue weighted by atomic mass is 16.5. The Morgan fingerprint density at radius 2 is 1.52 bits per heavy atom. The van der Waals surface area contributed by atoms with Gasteiger partial charge in [-0.2, -0.15) is 0 Å². The second-order valence-corrected chi connectivity index (χ2v) is 7.55. The first-order chi connectivity index (χ1) is 13.8. The highest BCUT2D eigenvalue weighted by Crippen LogP contribution is 2.32. The van der Waals surface area contributed by atoms with E-state index < -0.39 is 0 Å². The summed E-state index contributed by atoms with van der Waals surface area (Å²) in [5, 5.41) is 0. The molecular formula is C25H32O4. The maximum absolute atomic E-state index is 12.5. The van der Waals surface area contributed by atoms with E-state index in [1.165, 1.54) is 0 Å². The van der Waals surface area contributed by atoms with Crippen LogP contribution in [0.4, 0.5) is 0 Å². The number of hydrogen-bond acceptors (Lipinski definition) is 4. The van der Waals surface area contributed by atoms with Gasteiger partial charge in [-0.05, 0) is 89.1 Å². The average molecular weight is 397 g/mol. The Balaban J connectivity index is 2.22. The molecule has 4 heteroatoms. The minimum Gasteiger partial charge on any atom is -0.494 e. The Morgan fingerprint density at radius 1 is 0.966 bits per heavy atom. The minimum atomic E-state index is -0.0646. The molecule has 156 valence electrons. The van der Waals surface area contributed by atoms with Crippen LogP contribution in [0.5, 0.6) is 17.2 Å². The molecule has 2 aromatic carbocycles. The lowest BCUT2D eigenvalue weighted by molar-refractivity contribution is 0.104. The molecule has 0 bridgehead atoms. The van der Waals surface area contributed by atoms with Gasteiger partial charge >= 0.3 is 0 Å². The Bertz CT molecular complexity index is 801. The number of carbonyl (C=O) groups excluding carboxylic acids is 1. The molecule has 0 unspecified atom stereocenters. The van der Waals surface area contributed by atoms with Crippen LogP contribution in [-0.2, 0) is 0 Å². The van der Waals surface area contributed by atoms with Crippen LogP contribution in [0.15, 0.2) is 42.5 Å². The Kier molecular flexibility index (Phi) is 8.32. The van der Waals surface area contributed by atoms with E-state index in [1.807, 2.05) is 58.9 Å². The molecule has 29 heavy (non-hydrogen) atoms. The van der Waals surface area contributed by atoms with Gasteiger partial charge in [0.2, 0.25) is 0 Å². The lowest BCUT2D eigenvalue weighted by Crippen LogP contribution is -2.10. The Labute approximate surface area is 174 Å². The number of rotatable bonds is 10. The van der Waals surface area contributed by atoms with Crippen molar-refractivity contribution in [2.45, 2.75) is 60.2 Å². The molecule has 0 N–H and O–H groups in total. The van der Waals surface area contributed by atoms with Gasteiger partial charge in [0.25, 0.3) is 0 Å². The second-order valence-electron chi connectivity index (χ2n) is 7.55. The summed E-state index contributed by atoms with van der Waals surface area (Å²) in [5.74, 6) is 2.24. The van der Waals surface area contributed by atoms with Crippen molar-refractivity contribution in [3.8, 4) is 17.2 Å². The van der Waals surface area contributed by atoms with Crippen molar-refractivity contribution in [2.24, 2.45) is 0 Å². The molecule has 0 heterocycles. The third-order valence-electron chi connectivity index (χ3n) is 4.10. The van der Waals surface area contributed by atoms with Crippen molar-refractivity contribution in [2.75, 3.05) is 6.61 Å². The van der Waals surface area contributed by atoms with Crippen molar-refractivity contribution in [3.63, 3.8) is 0 Å². The first-order valence-electron chi connectivity index (χ1n) is 10.2. The second kappa shape index (κ2) is 10.7. The molecule has 0 atom stereocenters. The predicted molar refractivity (Wildman–Crippen MR) is 118 cm³/mol. The molecule has 0 fully saturated rings. The van der Waals surface area contributed by atoms with Gasteiger partial charge in [-0.1, -0.05) is 13.0 Å². The first kappa shape index (κ1) is 22.5. The smallest absolute Gasteiger partial charge is 0.185 e. The van der Waals surface area contributed by atoms with Gasteiger partial charge < -0.3 is 14.2 Å². The zero-order chi connectivity index (χ0) is 21.4. The summed E-state index contributed by atoms with van der Waals surface area (Å²) in [6.45, 7) is 12.7. The molecule has 2 aromatic rings. The summed E-state index contributed by atoms with van der Waals surface area (Å²) in [7, 11) is 0. The van der Waals surface area contributed by atoms with Gasteiger partial charge in [0.05, 0.1) is 18.8 Å². The van der Waals surface area contributed by atoms with Crippen LogP contribution in [0.3, 0.4) is 0 Å². The van der Waals surface area contributed by atoms with Crippen molar-refractivity contribution < 1.29 is 19.0 Å². The van der Waals surface area contributed by atoms with E-state index in [1.54, 1.807) is 24.3 Å². The summed E-state index contributed by atoms with van der Waals surface area (Å²) in [6.07, 6.45) is 4.42. The molecule has 0 radical (unpaired) electrons. The largest absolute Gasteiger partial charge is 0.494 e. The van der Waals surface area contributed by atoms with E-state index in [4.69, 9.17) is 14.2 Å². The molecule has 0 saturated carbocycles. The zero-order valence-electron chi connectivity index (χ0n) is 18.3. The molecule has 4 nitrogen and oxygen atoms in total. The maximum Gasteiger partial charge on any atom is 0.185 e. The molecule has 0 aliphatic heterocycles. The van der Waals surface area contributed by atoms with Crippen LogP contribution < -0.4 is 14.2 Å². The third kappa shape index (κ3) is 6.97. The number of benzene rings is 2. The summed E-state index contributed by atoms with van der Waals surface area (Å²) in [4.78, 5) is 12.5. The van der Waals surface area contributed by atoms with Crippen molar-refractivity contribution in [1.29, 1.82) is 0 Å². The van der Waals surface area contributed by atoms with E-state index in [2.05, 4.69) is 6.92 Å². The number of ketones is 1. The quantitative estimate of drug-likeness (QED) is 0.351. The molecule has 0 aromatic heterocycles. The van der Waals surface area contributed by atoms with Crippen molar-refractivity contribution in [3.05, 3.63) is 59.2 Å². The fraction of sp³-hybridized carbons (Fsp3) is 0.400. The summed E-state index contributed by atoms with van der Waals surface area (Å²) in [5.41, 5.74) is 2.44. The van der Waals surface area contributed by atoms with Crippen molar-refractivity contribution >= 4 is 11.9 Å². The molecule has 0 aliphatic rings. The van der Waals surface area contributed by atoms with Gasteiger partial charge in [0, 0.05) is 11.1 Å². The number of ether oxygens (including phenoxy) is 3. The molecule has 0 spiro atoms. The zero-order valence-corrected chi connectivity index (χ0v) is 18.3. The molecule has 2 rings (SSSR count). The maximum atomic E-state index is 12.5. The van der Waals surface area contributed by atoms with Gasteiger partial charge in [-0.25, -0.2) is 0 Å². The average Bonchev–Trinajstić information content (AvgIpc) is 2.67. The van der Waals surface area contributed by atoms with Crippen LogP contribution in [0, 0.1) is 6.92 Å². The van der Waals surface area contributed by atoms with Crippen LogP contribution in [0.2, 0.25) is 0 Å². The lowest BCUT2D eigenvalue weighted by atomic mass is 10.1. The van der Waals surface area contributed by atoms with Gasteiger partial charge in [-0.3, -0.25) is 4.79 Å². The van der Waals surface area contributed by atoms with Gasteiger partial charge in [-0.15, -0.1) is 0 Å². The number of hydrogen-bond donors (Lipinski definition) is 0. The normalized spacial score (nSPS) is 11.3. The van der Waals surface area contributed by atoms with Gasteiger partial charge in [0.15, 0.2) is 5.78 Å². The fourth-order valence-electron chi connectivity index (χ4n) is 2.73. The highest BCUT2D eigenvalue weighted by Gasteiger charge is 2.12. The van der Waals surface area contributed by atoms with E-state index in [0.717, 1.165) is 34.8 Å². The predicted octanol–water partition coefficient (Wildman–Crippen LogP) is 6.25. The number of carbonyl (C=O) groups is 1. The van der Waals surface area contributed by atoms with Crippen molar-refractivity contribution in [1.82, 2.24) is 0 Å². The van der Waals surface area contributed by atoms with Crippen LogP contribution in [0.25, 0.3) is 6.08 Å². The Hall–Kier alpha value is -2.75. The summed E-state index contributed by atoms with van der Waals surface area (Å²) in [6, 6.07) is 11.1. The first-order valence-corrected chi connectivity index (χ1v) is 10.2. The highest BCUT2D eigenvalue weighted by molar-refractivity contribution is 6.06. The molecule has 0 amide bonds. The van der Waals surface area contributed by atoms with Gasteiger partial charge in [0.1, 0.15) is 17.2 Å². The topological polar surface area (TPSA) is 44.8 Å². The fourth-order valence-corrected chi connectivity index (χ4v) is 2.73. The lowest BCUT2D eigenvalue weighted by Gasteiger charge is -2.18.